The van der Waals surface area contributed by atoms with E-state index in [1.54, 1.807) is 12.6 Å². The molecule has 222 valence electrons. The molecule has 0 saturated carbocycles. The van der Waals surface area contributed by atoms with E-state index in [9.17, 15) is 0 Å². The Morgan fingerprint density at radius 3 is 2.68 bits per heavy atom. The fraction of sp³-hybridized carbons (Fsp3) is 0.448. The van der Waals surface area contributed by atoms with Gasteiger partial charge in [0.25, 0.3) is 0 Å². The maximum Gasteiger partial charge on any atom is 0.158 e. The number of ether oxygens (including phenoxy) is 3. The van der Waals surface area contributed by atoms with Crippen molar-refractivity contribution in [1.29, 1.82) is 0 Å². The number of aromatic nitrogens is 2. The fourth-order valence-electron chi connectivity index (χ4n) is 5.18. The summed E-state index contributed by atoms with van der Waals surface area (Å²) < 4.78 is 24.1. The molecule has 2 aliphatic heterocycles. The Kier molecular flexibility index (Phi) is 11.2. The van der Waals surface area contributed by atoms with E-state index in [0.29, 0.717) is 42.0 Å². The Morgan fingerprint density at radius 1 is 1.07 bits per heavy atom. The van der Waals surface area contributed by atoms with Crippen LogP contribution in [0.3, 0.4) is 0 Å². The van der Waals surface area contributed by atoms with Crippen LogP contribution in [0, 0.1) is 0 Å². The second-order valence-corrected chi connectivity index (χ2v) is 10.6. The van der Waals surface area contributed by atoms with E-state index in [1.165, 1.54) is 0 Å². The lowest BCUT2D eigenvalue weighted by Crippen LogP contribution is -2.44. The van der Waals surface area contributed by atoms with Crippen LogP contribution in [0.5, 0.6) is 11.5 Å². The van der Waals surface area contributed by atoms with Gasteiger partial charge in [0.2, 0.25) is 0 Å². The lowest BCUT2D eigenvalue weighted by molar-refractivity contribution is 0.0261. The minimum absolute atomic E-state index is 0. The molecule has 0 radical (unpaired) electrons. The number of fused-ring (bicyclic) bond motifs is 2. The van der Waals surface area contributed by atoms with Gasteiger partial charge in [0, 0.05) is 63.1 Å². The summed E-state index contributed by atoms with van der Waals surface area (Å²) in [5.74, 6) is 2.07. The molecule has 2 saturated heterocycles. The second kappa shape index (κ2) is 14.6. The number of rotatable bonds is 9. The molecule has 41 heavy (non-hydrogen) atoms. The predicted molar refractivity (Wildman–Crippen MR) is 167 cm³/mol. The highest BCUT2D eigenvalue weighted by Gasteiger charge is 2.21. The monoisotopic (exact) mass is 623 g/mol. The van der Waals surface area contributed by atoms with Gasteiger partial charge in [-0.3, -0.25) is 0 Å². The van der Waals surface area contributed by atoms with Crippen molar-refractivity contribution in [3.8, 4) is 11.5 Å². The summed E-state index contributed by atoms with van der Waals surface area (Å²) in [4.78, 5) is 14.0. The van der Waals surface area contributed by atoms with Crippen LogP contribution in [0.25, 0.3) is 21.9 Å². The van der Waals surface area contributed by atoms with Crippen LogP contribution < -0.4 is 14.8 Å². The number of likely N-dealkylation sites (N-methyl/N-ethyl adjacent to an activating group) is 1. The van der Waals surface area contributed by atoms with Crippen LogP contribution in [0.2, 0.25) is 5.02 Å². The van der Waals surface area contributed by atoms with Crippen molar-refractivity contribution >= 4 is 69.8 Å². The Balaban J connectivity index is 0.00000194. The van der Waals surface area contributed by atoms with Gasteiger partial charge in [0.1, 0.15) is 36.0 Å². The van der Waals surface area contributed by atoms with E-state index in [-0.39, 0.29) is 30.9 Å². The first-order valence-corrected chi connectivity index (χ1v) is 14.0. The third-order valence-corrected chi connectivity index (χ3v) is 7.72. The van der Waals surface area contributed by atoms with E-state index in [4.69, 9.17) is 30.2 Å². The van der Waals surface area contributed by atoms with Gasteiger partial charge in [-0.25, -0.2) is 9.97 Å². The molecule has 12 heteroatoms. The zero-order chi connectivity index (χ0) is 26.6. The number of benzene rings is 2. The maximum absolute atomic E-state index is 6.55. The van der Waals surface area contributed by atoms with Gasteiger partial charge in [-0.1, -0.05) is 17.7 Å². The lowest BCUT2D eigenvalue weighted by atomic mass is 10.1. The first-order chi connectivity index (χ1) is 19.1. The summed E-state index contributed by atoms with van der Waals surface area (Å²) >= 11 is 6.30. The summed E-state index contributed by atoms with van der Waals surface area (Å²) in [6.45, 7) is 7.51. The molecule has 0 unspecified atom stereocenters. The molecule has 4 aromatic rings. The number of furan rings is 1. The van der Waals surface area contributed by atoms with Crippen molar-refractivity contribution in [1.82, 2.24) is 19.8 Å². The highest BCUT2D eigenvalue weighted by Crippen LogP contribution is 2.38. The normalized spacial score (nSPS) is 16.7. The van der Waals surface area contributed by atoms with Crippen molar-refractivity contribution in [2.45, 2.75) is 25.4 Å². The molecule has 0 aliphatic carbocycles. The molecule has 2 fully saturated rings. The molecule has 0 bridgehead atoms. The molecule has 0 atom stereocenters. The number of hydrogen-bond donors (Lipinski definition) is 1. The van der Waals surface area contributed by atoms with Crippen LogP contribution >= 0.6 is 36.4 Å². The SMILES string of the molecule is CN1CCN(CCCOc2cc(OC3CCOCC3)c3c(Nc4cccc5c(Cl)coc45)ncnc3c2)CC1.Cl.Cl. The van der Waals surface area contributed by atoms with Crippen molar-refractivity contribution in [3.05, 3.63) is 47.9 Å². The van der Waals surface area contributed by atoms with Gasteiger partial charge in [-0.05, 0) is 25.6 Å². The van der Waals surface area contributed by atoms with E-state index >= 15 is 0 Å². The number of nitrogens with one attached hydrogen (secondary N) is 1. The smallest absolute Gasteiger partial charge is 0.158 e. The third kappa shape index (κ3) is 7.46. The van der Waals surface area contributed by atoms with Gasteiger partial charge >= 0.3 is 0 Å². The topological polar surface area (TPSA) is 85.1 Å². The third-order valence-electron chi connectivity index (χ3n) is 7.43. The van der Waals surface area contributed by atoms with E-state index in [2.05, 4.69) is 32.1 Å². The summed E-state index contributed by atoms with van der Waals surface area (Å²) in [6.07, 6.45) is 5.77. The highest BCUT2D eigenvalue weighted by atomic mass is 35.5. The number of halogens is 3. The average molecular weight is 625 g/mol. The van der Waals surface area contributed by atoms with Crippen molar-refractivity contribution in [3.63, 3.8) is 0 Å². The van der Waals surface area contributed by atoms with Gasteiger partial charge in [-0.15, -0.1) is 24.8 Å². The zero-order valence-electron chi connectivity index (χ0n) is 23.0. The standard InChI is InChI=1S/C29H34ClN5O4.2ClH/c1-34-9-11-35(12-10-34)8-3-13-37-21-16-25-27(26(17-21)39-20-6-14-36-15-7-20)29(32-19-31-25)33-24-5-2-4-22-23(30)18-38-28(22)24;;/h2,4-5,16-20H,3,6-15H2,1H3,(H,31,32,33);2*1H. The van der Waals surface area contributed by atoms with Gasteiger partial charge in [0.05, 0.1) is 41.4 Å². The number of piperazine rings is 1. The van der Waals surface area contributed by atoms with E-state index in [1.807, 2.05) is 30.3 Å². The summed E-state index contributed by atoms with van der Waals surface area (Å²) in [6, 6.07) is 9.72. The molecule has 4 heterocycles. The molecule has 6 rings (SSSR count). The molecular weight excluding hydrogens is 589 g/mol. The first kappa shape index (κ1) is 31.4. The van der Waals surface area contributed by atoms with E-state index < -0.39 is 0 Å². The second-order valence-electron chi connectivity index (χ2n) is 10.2. The molecular formula is C29H36Cl3N5O4. The molecule has 0 spiro atoms. The number of nitrogens with zero attached hydrogens (tertiary/aromatic N) is 4. The van der Waals surface area contributed by atoms with Gasteiger partial charge in [-0.2, -0.15) is 0 Å². The van der Waals surface area contributed by atoms with Crippen LogP contribution in [0.4, 0.5) is 11.5 Å². The Bertz CT molecular complexity index is 1420. The fourth-order valence-corrected chi connectivity index (χ4v) is 5.37. The number of para-hydroxylation sites is 1. The van der Waals surface area contributed by atoms with Crippen molar-refractivity contribution in [2.24, 2.45) is 0 Å². The lowest BCUT2D eigenvalue weighted by Gasteiger charge is -2.32. The van der Waals surface area contributed by atoms with Crippen LogP contribution in [-0.2, 0) is 4.74 Å². The molecule has 2 aromatic carbocycles. The molecule has 2 aromatic heterocycles. The van der Waals surface area contributed by atoms with Crippen molar-refractivity contribution in [2.75, 3.05) is 64.9 Å². The van der Waals surface area contributed by atoms with E-state index in [0.717, 1.165) is 79.7 Å². The van der Waals surface area contributed by atoms with Crippen LogP contribution in [0.15, 0.2) is 47.3 Å². The molecule has 2 aliphatic rings. The predicted octanol–water partition coefficient (Wildman–Crippen LogP) is 6.19. The largest absolute Gasteiger partial charge is 0.493 e. The minimum atomic E-state index is 0. The molecule has 1 N–H and O–H groups in total. The van der Waals surface area contributed by atoms with Crippen molar-refractivity contribution < 1.29 is 18.6 Å². The first-order valence-electron chi connectivity index (χ1n) is 13.6. The minimum Gasteiger partial charge on any atom is -0.493 e. The highest BCUT2D eigenvalue weighted by molar-refractivity contribution is 6.35. The van der Waals surface area contributed by atoms with Crippen LogP contribution in [0.1, 0.15) is 19.3 Å². The Morgan fingerprint density at radius 2 is 1.88 bits per heavy atom. The quantitative estimate of drug-likeness (QED) is 0.219. The maximum atomic E-state index is 6.55. The zero-order valence-corrected chi connectivity index (χ0v) is 25.4. The summed E-state index contributed by atoms with van der Waals surface area (Å²) in [5, 5.41) is 5.64. The summed E-state index contributed by atoms with van der Waals surface area (Å²) in [5.41, 5.74) is 2.18. The Labute approximate surface area is 257 Å². The molecule has 0 amide bonds. The molecule has 9 nitrogen and oxygen atoms in total. The summed E-state index contributed by atoms with van der Waals surface area (Å²) in [7, 11) is 2.18. The number of anilines is 2. The van der Waals surface area contributed by atoms with Gasteiger partial charge in [0.15, 0.2) is 5.58 Å². The average Bonchev–Trinajstić information content (AvgIpc) is 3.34. The van der Waals surface area contributed by atoms with Gasteiger partial charge < -0.3 is 33.7 Å². The number of hydrogen-bond acceptors (Lipinski definition) is 9. The van der Waals surface area contributed by atoms with Crippen LogP contribution in [-0.4, -0.2) is 85.5 Å². The Hall–Kier alpha value is -2.53.